The number of para-hydroxylation sites is 1. The smallest absolute Gasteiger partial charge is 0.410 e. The second-order valence-electron chi connectivity index (χ2n) is 6.33. The second kappa shape index (κ2) is 4.15. The van der Waals surface area contributed by atoms with Gasteiger partial charge in [0.1, 0.15) is 5.60 Å². The highest BCUT2D eigenvalue weighted by atomic mass is 16.6. The Hall–Kier alpha value is -1.71. The summed E-state index contributed by atoms with van der Waals surface area (Å²) < 4.78 is 5.43. The molecule has 0 aromatic heterocycles. The summed E-state index contributed by atoms with van der Waals surface area (Å²) in [5.41, 5.74) is 2.10. The Morgan fingerprint density at radius 1 is 1.32 bits per heavy atom. The Labute approximate surface area is 113 Å². The van der Waals surface area contributed by atoms with E-state index >= 15 is 0 Å². The number of carbonyl (C=O) groups excluding carboxylic acids is 1. The molecule has 2 heterocycles. The van der Waals surface area contributed by atoms with Crippen molar-refractivity contribution in [1.29, 1.82) is 0 Å². The highest BCUT2D eigenvalue weighted by Gasteiger charge is 2.42. The van der Waals surface area contributed by atoms with Crippen molar-refractivity contribution in [2.24, 2.45) is 0 Å². The van der Waals surface area contributed by atoms with Gasteiger partial charge in [-0.15, -0.1) is 0 Å². The fourth-order valence-corrected chi connectivity index (χ4v) is 2.89. The minimum Gasteiger partial charge on any atom is -0.444 e. The molecule has 4 nitrogen and oxygen atoms in total. The SMILES string of the molecule is CC(C)(C)OC(=O)N1C[C@@H]2c3ccccc3N[C@@H]2C1. The van der Waals surface area contributed by atoms with Gasteiger partial charge in [0.25, 0.3) is 0 Å². The lowest BCUT2D eigenvalue weighted by Crippen LogP contribution is -2.36. The first-order valence-corrected chi connectivity index (χ1v) is 6.77. The number of likely N-dealkylation sites (tertiary alicyclic amines) is 1. The van der Waals surface area contributed by atoms with Crippen LogP contribution in [0.1, 0.15) is 32.3 Å². The van der Waals surface area contributed by atoms with Crippen LogP contribution in [0.3, 0.4) is 0 Å². The van der Waals surface area contributed by atoms with Gasteiger partial charge in [0.2, 0.25) is 0 Å². The van der Waals surface area contributed by atoms with Gasteiger partial charge in [-0.2, -0.15) is 0 Å². The van der Waals surface area contributed by atoms with Crippen LogP contribution in [0.2, 0.25) is 0 Å². The van der Waals surface area contributed by atoms with Crippen molar-refractivity contribution in [3.05, 3.63) is 29.8 Å². The molecule has 4 heteroatoms. The fourth-order valence-electron chi connectivity index (χ4n) is 2.89. The quantitative estimate of drug-likeness (QED) is 0.780. The summed E-state index contributed by atoms with van der Waals surface area (Å²) in [7, 11) is 0. The third-order valence-corrected chi connectivity index (χ3v) is 3.67. The maximum atomic E-state index is 12.1. The summed E-state index contributed by atoms with van der Waals surface area (Å²) in [6.07, 6.45) is -0.207. The minimum absolute atomic E-state index is 0.207. The van der Waals surface area contributed by atoms with E-state index in [4.69, 9.17) is 4.74 Å². The molecule has 102 valence electrons. The minimum atomic E-state index is -0.430. The Morgan fingerprint density at radius 3 is 2.79 bits per heavy atom. The molecule has 1 saturated heterocycles. The van der Waals surface area contributed by atoms with Crippen molar-refractivity contribution in [3.63, 3.8) is 0 Å². The standard InChI is InChI=1S/C15H20N2O2/c1-15(2,3)19-14(18)17-8-11-10-6-4-5-7-12(10)16-13(11)9-17/h4-7,11,13,16H,8-9H2,1-3H3/t11-,13-/m1/s1. The number of rotatable bonds is 0. The largest absolute Gasteiger partial charge is 0.444 e. The first kappa shape index (κ1) is 12.3. The van der Waals surface area contributed by atoms with E-state index in [0.29, 0.717) is 18.5 Å². The molecule has 1 N–H and O–H groups in total. The van der Waals surface area contributed by atoms with Crippen molar-refractivity contribution in [1.82, 2.24) is 4.90 Å². The zero-order valence-electron chi connectivity index (χ0n) is 11.6. The van der Waals surface area contributed by atoms with E-state index in [1.54, 1.807) is 0 Å². The van der Waals surface area contributed by atoms with E-state index in [1.807, 2.05) is 31.7 Å². The topological polar surface area (TPSA) is 41.6 Å². The molecular formula is C15H20N2O2. The number of hydrogen-bond acceptors (Lipinski definition) is 3. The molecule has 0 bridgehead atoms. The summed E-state index contributed by atoms with van der Waals surface area (Å²) in [6, 6.07) is 8.67. The van der Waals surface area contributed by atoms with Crippen LogP contribution in [0.5, 0.6) is 0 Å². The number of carbonyl (C=O) groups is 1. The number of nitrogens with one attached hydrogen (secondary N) is 1. The molecular weight excluding hydrogens is 240 g/mol. The fraction of sp³-hybridized carbons (Fsp3) is 0.533. The summed E-state index contributed by atoms with van der Waals surface area (Å²) in [4.78, 5) is 13.9. The number of anilines is 1. The number of benzene rings is 1. The van der Waals surface area contributed by atoms with Crippen molar-refractivity contribution >= 4 is 11.8 Å². The van der Waals surface area contributed by atoms with E-state index in [-0.39, 0.29) is 6.09 Å². The molecule has 1 fully saturated rings. The highest BCUT2D eigenvalue weighted by molar-refractivity contribution is 5.70. The van der Waals surface area contributed by atoms with Crippen LogP contribution in [0.15, 0.2) is 24.3 Å². The third kappa shape index (κ3) is 2.27. The number of hydrogen-bond donors (Lipinski definition) is 1. The van der Waals surface area contributed by atoms with Crippen molar-refractivity contribution in [2.45, 2.75) is 38.3 Å². The molecule has 0 unspecified atom stereocenters. The van der Waals surface area contributed by atoms with Crippen LogP contribution in [-0.4, -0.2) is 35.7 Å². The predicted molar refractivity (Wildman–Crippen MR) is 74.4 cm³/mol. The van der Waals surface area contributed by atoms with Crippen LogP contribution in [-0.2, 0) is 4.74 Å². The molecule has 0 spiro atoms. The summed E-state index contributed by atoms with van der Waals surface area (Å²) >= 11 is 0. The van der Waals surface area contributed by atoms with Crippen LogP contribution in [0.4, 0.5) is 10.5 Å². The lowest BCUT2D eigenvalue weighted by atomic mass is 9.98. The lowest BCUT2D eigenvalue weighted by Gasteiger charge is -2.25. The number of fused-ring (bicyclic) bond motifs is 3. The third-order valence-electron chi connectivity index (χ3n) is 3.67. The van der Waals surface area contributed by atoms with Gasteiger partial charge in [-0.3, -0.25) is 0 Å². The highest BCUT2D eigenvalue weighted by Crippen LogP contribution is 2.40. The Kier molecular flexibility index (Phi) is 2.69. The van der Waals surface area contributed by atoms with E-state index < -0.39 is 5.60 Å². The molecule has 19 heavy (non-hydrogen) atoms. The van der Waals surface area contributed by atoms with Gasteiger partial charge in [0, 0.05) is 24.7 Å². The van der Waals surface area contributed by atoms with Crippen LogP contribution < -0.4 is 5.32 Å². The average molecular weight is 260 g/mol. The monoisotopic (exact) mass is 260 g/mol. The van der Waals surface area contributed by atoms with Gasteiger partial charge in [0.05, 0.1) is 6.04 Å². The normalized spacial score (nSPS) is 24.7. The molecule has 0 saturated carbocycles. The number of nitrogens with zero attached hydrogens (tertiary/aromatic N) is 1. The van der Waals surface area contributed by atoms with Crippen molar-refractivity contribution in [3.8, 4) is 0 Å². The van der Waals surface area contributed by atoms with Crippen LogP contribution in [0, 0.1) is 0 Å². The first-order valence-electron chi connectivity index (χ1n) is 6.77. The van der Waals surface area contributed by atoms with Gasteiger partial charge in [0.15, 0.2) is 0 Å². The van der Waals surface area contributed by atoms with E-state index in [2.05, 4.69) is 23.5 Å². The summed E-state index contributed by atoms with van der Waals surface area (Å²) in [5, 5.41) is 3.49. The van der Waals surface area contributed by atoms with Gasteiger partial charge < -0.3 is 15.0 Å². The van der Waals surface area contributed by atoms with Gasteiger partial charge >= 0.3 is 6.09 Å². The molecule has 1 aromatic rings. The van der Waals surface area contributed by atoms with Crippen LogP contribution in [0.25, 0.3) is 0 Å². The average Bonchev–Trinajstić information content (AvgIpc) is 2.83. The number of ether oxygens (including phenoxy) is 1. The van der Waals surface area contributed by atoms with Crippen molar-refractivity contribution < 1.29 is 9.53 Å². The Balaban J connectivity index is 1.72. The zero-order valence-corrected chi connectivity index (χ0v) is 11.6. The maximum Gasteiger partial charge on any atom is 0.410 e. The predicted octanol–water partition coefficient (Wildman–Crippen LogP) is 2.82. The molecule has 1 aromatic carbocycles. The maximum absolute atomic E-state index is 12.1. The van der Waals surface area contributed by atoms with E-state index in [1.165, 1.54) is 11.3 Å². The Morgan fingerprint density at radius 2 is 2.05 bits per heavy atom. The molecule has 2 aliphatic heterocycles. The van der Waals surface area contributed by atoms with E-state index in [9.17, 15) is 4.79 Å². The molecule has 3 rings (SSSR count). The summed E-state index contributed by atoms with van der Waals surface area (Å²) in [5.74, 6) is 0.392. The second-order valence-corrected chi connectivity index (χ2v) is 6.33. The van der Waals surface area contributed by atoms with Gasteiger partial charge in [-0.1, -0.05) is 18.2 Å². The van der Waals surface area contributed by atoms with E-state index in [0.717, 1.165) is 6.54 Å². The van der Waals surface area contributed by atoms with Crippen LogP contribution >= 0.6 is 0 Å². The number of amides is 1. The molecule has 2 atom stereocenters. The molecule has 1 amide bonds. The zero-order chi connectivity index (χ0) is 13.6. The molecule has 2 aliphatic rings. The molecule has 0 radical (unpaired) electrons. The summed E-state index contributed by atoms with van der Waals surface area (Å²) in [6.45, 7) is 7.15. The van der Waals surface area contributed by atoms with Crippen molar-refractivity contribution in [2.75, 3.05) is 18.4 Å². The lowest BCUT2D eigenvalue weighted by molar-refractivity contribution is 0.0291. The van der Waals surface area contributed by atoms with Gasteiger partial charge in [-0.05, 0) is 32.4 Å². The Bertz CT molecular complexity index is 507. The molecule has 0 aliphatic carbocycles. The first-order chi connectivity index (χ1) is 8.94. The van der Waals surface area contributed by atoms with Gasteiger partial charge in [-0.25, -0.2) is 4.79 Å².